The van der Waals surface area contributed by atoms with Crippen LogP contribution in [0.2, 0.25) is 0 Å². The van der Waals surface area contributed by atoms with Gasteiger partial charge in [-0.05, 0) is 44.4 Å². The molecular formula is C22H35N3O3. The Balaban J connectivity index is 1.97. The number of nitrogens with zero attached hydrogens (tertiary/aromatic N) is 2. The van der Waals surface area contributed by atoms with Crippen molar-refractivity contribution in [2.75, 3.05) is 33.8 Å². The summed E-state index contributed by atoms with van der Waals surface area (Å²) >= 11 is 0. The van der Waals surface area contributed by atoms with Crippen molar-refractivity contribution in [1.29, 1.82) is 0 Å². The topological polar surface area (TPSA) is 61.9 Å². The number of hydrogen-bond acceptors (Lipinski definition) is 4. The van der Waals surface area contributed by atoms with Gasteiger partial charge >= 0.3 is 0 Å². The van der Waals surface area contributed by atoms with E-state index in [4.69, 9.17) is 4.74 Å². The van der Waals surface area contributed by atoms with Gasteiger partial charge in [-0.2, -0.15) is 0 Å². The Bertz CT molecular complexity index is 628. The summed E-state index contributed by atoms with van der Waals surface area (Å²) in [5.41, 5.74) is 1.18. The van der Waals surface area contributed by atoms with Crippen molar-refractivity contribution >= 4 is 11.8 Å². The van der Waals surface area contributed by atoms with Crippen LogP contribution in [0.1, 0.15) is 45.1 Å². The van der Waals surface area contributed by atoms with E-state index in [0.29, 0.717) is 26.1 Å². The summed E-state index contributed by atoms with van der Waals surface area (Å²) in [5, 5.41) is 3.58. The smallest absolute Gasteiger partial charge is 0.226 e. The van der Waals surface area contributed by atoms with Crippen LogP contribution >= 0.6 is 0 Å². The lowest BCUT2D eigenvalue weighted by atomic mass is 9.95. The number of nitrogens with one attached hydrogen (secondary N) is 1. The largest absolute Gasteiger partial charge is 0.497 e. The first-order chi connectivity index (χ1) is 13.5. The molecule has 2 rings (SSSR count). The number of hydrogen-bond donors (Lipinski definition) is 1. The number of amides is 2. The standard InChI is InChI=1S/C22H35N3O3/c1-5-25(6-2)22(27)18-8-7-9-19(16-24(3)21(26)14-18)23-15-17-10-12-20(28-4)13-11-17/h10-13,18-19,23H,5-9,14-16H2,1-4H3. The van der Waals surface area contributed by atoms with Gasteiger partial charge in [0.1, 0.15) is 5.75 Å². The van der Waals surface area contributed by atoms with E-state index in [1.807, 2.05) is 37.9 Å². The summed E-state index contributed by atoms with van der Waals surface area (Å²) in [6.45, 7) is 6.79. The number of ether oxygens (including phenoxy) is 1. The number of likely N-dealkylation sites (N-methyl/N-ethyl adjacent to an activating group) is 1. The second-order valence-corrected chi connectivity index (χ2v) is 7.54. The minimum absolute atomic E-state index is 0.0589. The number of methoxy groups -OCH3 is 1. The molecule has 1 aliphatic heterocycles. The maximum atomic E-state index is 12.8. The van der Waals surface area contributed by atoms with Crippen molar-refractivity contribution in [1.82, 2.24) is 15.1 Å². The molecule has 156 valence electrons. The van der Waals surface area contributed by atoms with Crippen LogP contribution in [0.25, 0.3) is 0 Å². The van der Waals surface area contributed by atoms with Crippen molar-refractivity contribution in [3.8, 4) is 5.75 Å². The molecule has 0 aliphatic carbocycles. The van der Waals surface area contributed by atoms with Gasteiger partial charge in [0.2, 0.25) is 11.8 Å². The molecule has 2 unspecified atom stereocenters. The summed E-state index contributed by atoms with van der Waals surface area (Å²) in [6.07, 6.45) is 2.99. The quantitative estimate of drug-likeness (QED) is 0.779. The lowest BCUT2D eigenvalue weighted by Gasteiger charge is -2.26. The predicted octanol–water partition coefficient (Wildman–Crippen LogP) is 2.67. The molecule has 2 atom stereocenters. The Morgan fingerprint density at radius 3 is 2.50 bits per heavy atom. The van der Waals surface area contributed by atoms with E-state index in [9.17, 15) is 9.59 Å². The van der Waals surface area contributed by atoms with Crippen LogP contribution in [0.4, 0.5) is 0 Å². The monoisotopic (exact) mass is 389 g/mol. The Labute approximate surface area is 169 Å². The minimum atomic E-state index is -0.199. The van der Waals surface area contributed by atoms with E-state index >= 15 is 0 Å². The van der Waals surface area contributed by atoms with Crippen LogP contribution < -0.4 is 10.1 Å². The molecule has 1 heterocycles. The van der Waals surface area contributed by atoms with E-state index < -0.39 is 0 Å². The van der Waals surface area contributed by atoms with Crippen LogP contribution in [0.15, 0.2) is 24.3 Å². The molecule has 2 amide bonds. The fraction of sp³-hybridized carbons (Fsp3) is 0.636. The molecule has 1 fully saturated rings. The van der Waals surface area contributed by atoms with E-state index in [1.54, 1.807) is 12.0 Å². The zero-order valence-electron chi connectivity index (χ0n) is 17.7. The highest BCUT2D eigenvalue weighted by Gasteiger charge is 2.29. The van der Waals surface area contributed by atoms with Crippen molar-refractivity contribution in [3.63, 3.8) is 0 Å². The summed E-state index contributed by atoms with van der Waals surface area (Å²) in [4.78, 5) is 29.0. The van der Waals surface area contributed by atoms with Gasteiger partial charge in [0.15, 0.2) is 0 Å². The summed E-state index contributed by atoms with van der Waals surface area (Å²) < 4.78 is 5.20. The number of carbonyl (C=O) groups excluding carboxylic acids is 2. The highest BCUT2D eigenvalue weighted by Crippen LogP contribution is 2.21. The number of benzene rings is 1. The fourth-order valence-electron chi connectivity index (χ4n) is 3.78. The molecule has 0 aromatic heterocycles. The average Bonchev–Trinajstić information content (AvgIpc) is 2.77. The lowest BCUT2D eigenvalue weighted by Crippen LogP contribution is -2.42. The van der Waals surface area contributed by atoms with Gasteiger partial charge in [0.25, 0.3) is 0 Å². The predicted molar refractivity (Wildman–Crippen MR) is 111 cm³/mol. The van der Waals surface area contributed by atoms with Crippen LogP contribution in [0.5, 0.6) is 5.75 Å². The zero-order chi connectivity index (χ0) is 20.5. The van der Waals surface area contributed by atoms with E-state index in [2.05, 4.69) is 17.4 Å². The third-order valence-corrected chi connectivity index (χ3v) is 5.62. The lowest BCUT2D eigenvalue weighted by molar-refractivity contribution is -0.140. The molecule has 1 aromatic rings. The van der Waals surface area contributed by atoms with Gasteiger partial charge in [0.05, 0.1) is 7.11 Å². The molecule has 0 saturated carbocycles. The van der Waals surface area contributed by atoms with Crippen LogP contribution in [-0.4, -0.2) is 61.4 Å². The van der Waals surface area contributed by atoms with Crippen molar-refractivity contribution in [2.24, 2.45) is 5.92 Å². The molecule has 1 saturated heterocycles. The number of carbonyl (C=O) groups is 2. The average molecular weight is 390 g/mol. The molecular weight excluding hydrogens is 354 g/mol. The molecule has 1 N–H and O–H groups in total. The second kappa shape index (κ2) is 11.1. The fourth-order valence-corrected chi connectivity index (χ4v) is 3.78. The zero-order valence-corrected chi connectivity index (χ0v) is 17.7. The summed E-state index contributed by atoms with van der Waals surface area (Å²) in [6, 6.07) is 8.24. The second-order valence-electron chi connectivity index (χ2n) is 7.54. The van der Waals surface area contributed by atoms with Gasteiger partial charge < -0.3 is 19.9 Å². The Morgan fingerprint density at radius 1 is 1.21 bits per heavy atom. The summed E-state index contributed by atoms with van der Waals surface area (Å²) in [7, 11) is 3.50. The van der Waals surface area contributed by atoms with Gasteiger partial charge in [0, 0.05) is 51.6 Å². The third-order valence-electron chi connectivity index (χ3n) is 5.62. The number of rotatable bonds is 7. The maximum Gasteiger partial charge on any atom is 0.226 e. The van der Waals surface area contributed by atoms with E-state index in [1.165, 1.54) is 5.56 Å². The molecule has 0 spiro atoms. The highest BCUT2D eigenvalue weighted by molar-refractivity contribution is 5.85. The minimum Gasteiger partial charge on any atom is -0.497 e. The molecule has 1 aliphatic rings. The SMILES string of the molecule is CCN(CC)C(=O)C1CCCC(NCc2ccc(OC)cc2)CN(C)C(=O)C1. The summed E-state index contributed by atoms with van der Waals surface area (Å²) in [5.74, 6) is 0.829. The Morgan fingerprint density at radius 2 is 1.89 bits per heavy atom. The highest BCUT2D eigenvalue weighted by atomic mass is 16.5. The van der Waals surface area contributed by atoms with E-state index in [-0.39, 0.29) is 23.8 Å². The molecule has 0 bridgehead atoms. The first kappa shape index (κ1) is 22.2. The third kappa shape index (κ3) is 6.23. The van der Waals surface area contributed by atoms with Crippen molar-refractivity contribution in [3.05, 3.63) is 29.8 Å². The van der Waals surface area contributed by atoms with Crippen LogP contribution in [0, 0.1) is 5.92 Å². The van der Waals surface area contributed by atoms with Gasteiger partial charge in [-0.3, -0.25) is 9.59 Å². The molecule has 6 nitrogen and oxygen atoms in total. The Kier molecular flexibility index (Phi) is 8.77. The van der Waals surface area contributed by atoms with Gasteiger partial charge in [-0.1, -0.05) is 18.6 Å². The molecule has 28 heavy (non-hydrogen) atoms. The molecule has 0 radical (unpaired) electrons. The normalized spacial score (nSPS) is 20.9. The van der Waals surface area contributed by atoms with Crippen molar-refractivity contribution < 1.29 is 14.3 Å². The van der Waals surface area contributed by atoms with Crippen molar-refractivity contribution in [2.45, 2.75) is 52.1 Å². The van der Waals surface area contributed by atoms with Crippen LogP contribution in [0.3, 0.4) is 0 Å². The van der Waals surface area contributed by atoms with Gasteiger partial charge in [-0.15, -0.1) is 0 Å². The first-order valence-corrected chi connectivity index (χ1v) is 10.4. The first-order valence-electron chi connectivity index (χ1n) is 10.4. The van der Waals surface area contributed by atoms with Crippen LogP contribution in [-0.2, 0) is 16.1 Å². The van der Waals surface area contributed by atoms with Gasteiger partial charge in [-0.25, -0.2) is 0 Å². The molecule has 6 heteroatoms. The molecule has 1 aromatic carbocycles. The Hall–Kier alpha value is -2.08. The van der Waals surface area contributed by atoms with E-state index in [0.717, 1.165) is 31.6 Å². The maximum absolute atomic E-state index is 12.8.